The third-order valence-corrected chi connectivity index (χ3v) is 6.93. The third kappa shape index (κ3) is 1.76. The van der Waals surface area contributed by atoms with E-state index in [1.807, 2.05) is 0 Å². The van der Waals surface area contributed by atoms with Gasteiger partial charge in [-0.05, 0) is 33.2 Å². The smallest absolute Gasteiger partial charge is 0.292 e. The maximum atomic E-state index is 6.39. The third-order valence-electron chi connectivity index (χ3n) is 6.93. The molecule has 0 spiro atoms. The first-order valence-corrected chi connectivity index (χ1v) is 10.2. The average molecular weight is 374 g/mol. The van der Waals surface area contributed by atoms with Crippen molar-refractivity contribution in [2.24, 2.45) is 0 Å². The Bertz CT molecular complexity index is 1530. The largest absolute Gasteiger partial charge is 0.434 e. The molecule has 0 saturated carbocycles. The first-order valence-electron chi connectivity index (χ1n) is 10.2. The molecule has 0 radical (unpaired) electrons. The minimum atomic E-state index is -0.0825. The molecule has 0 unspecified atom stereocenters. The van der Waals surface area contributed by atoms with Gasteiger partial charge in [-0.3, -0.25) is 0 Å². The zero-order valence-electron chi connectivity index (χ0n) is 16.5. The highest BCUT2D eigenvalue weighted by molar-refractivity contribution is 6.11. The summed E-state index contributed by atoms with van der Waals surface area (Å²) >= 11 is 0. The number of pyridine rings is 1. The Morgan fingerprint density at radius 2 is 1.55 bits per heavy atom. The van der Waals surface area contributed by atoms with E-state index < -0.39 is 0 Å². The molecule has 1 aliphatic carbocycles. The van der Waals surface area contributed by atoms with Gasteiger partial charge in [-0.15, -0.1) is 0 Å². The van der Waals surface area contributed by atoms with E-state index in [0.29, 0.717) is 6.73 Å². The number of fused-ring (bicyclic) bond motifs is 6. The monoisotopic (exact) mass is 374 g/mol. The van der Waals surface area contributed by atoms with Gasteiger partial charge in [-0.1, -0.05) is 74.5 Å². The maximum Gasteiger partial charge on any atom is 0.292 e. The van der Waals surface area contributed by atoms with Crippen LogP contribution < -0.4 is 9.30 Å². The average Bonchev–Trinajstić information content (AvgIpc) is 2.99. The summed E-state index contributed by atoms with van der Waals surface area (Å²) in [6.45, 7) is 5.28. The number of ether oxygens (including phenoxy) is 1. The van der Waals surface area contributed by atoms with Crippen molar-refractivity contribution < 1.29 is 9.30 Å². The summed E-state index contributed by atoms with van der Waals surface area (Å²) in [7, 11) is 0. The lowest BCUT2D eigenvalue weighted by molar-refractivity contribution is -0.716. The first kappa shape index (κ1) is 15.5. The SMILES string of the molecule is CC1(C)c2cc3ccccc3c3c2-c2c1c1ccc4ccccc4c1c[n+]2CO3. The lowest BCUT2D eigenvalue weighted by Crippen LogP contribution is -2.42. The van der Waals surface area contributed by atoms with E-state index in [4.69, 9.17) is 4.74 Å². The zero-order chi connectivity index (χ0) is 19.3. The van der Waals surface area contributed by atoms with E-state index in [9.17, 15) is 0 Å². The van der Waals surface area contributed by atoms with Gasteiger partial charge >= 0.3 is 0 Å². The molecule has 2 heterocycles. The molecule has 0 bridgehead atoms. The zero-order valence-corrected chi connectivity index (χ0v) is 16.5. The van der Waals surface area contributed by atoms with E-state index >= 15 is 0 Å². The van der Waals surface area contributed by atoms with Crippen LogP contribution in [-0.4, -0.2) is 0 Å². The molecule has 0 amide bonds. The van der Waals surface area contributed by atoms with Crippen LogP contribution in [0.3, 0.4) is 0 Å². The number of hydrogen-bond donors (Lipinski definition) is 0. The van der Waals surface area contributed by atoms with E-state index in [1.165, 1.54) is 54.7 Å². The molecule has 0 fully saturated rings. The van der Waals surface area contributed by atoms with Crippen molar-refractivity contribution in [3.63, 3.8) is 0 Å². The fourth-order valence-corrected chi connectivity index (χ4v) is 5.61. The van der Waals surface area contributed by atoms with Crippen LogP contribution in [0.2, 0.25) is 0 Å². The van der Waals surface area contributed by atoms with Crippen molar-refractivity contribution >= 4 is 32.3 Å². The minimum absolute atomic E-state index is 0.0825. The van der Waals surface area contributed by atoms with E-state index in [2.05, 4.69) is 91.3 Å². The highest BCUT2D eigenvalue weighted by Crippen LogP contribution is 2.56. The van der Waals surface area contributed by atoms with Crippen molar-refractivity contribution in [1.29, 1.82) is 0 Å². The maximum absolute atomic E-state index is 6.39. The lowest BCUT2D eigenvalue weighted by Gasteiger charge is -2.22. The molecule has 7 rings (SSSR count). The quantitative estimate of drug-likeness (QED) is 0.236. The molecule has 2 aliphatic rings. The normalized spacial score (nSPS) is 15.7. The summed E-state index contributed by atoms with van der Waals surface area (Å²) < 4.78 is 8.71. The molecular formula is C27H20NO+. The molecule has 0 saturated heterocycles. The van der Waals surface area contributed by atoms with Crippen molar-refractivity contribution in [1.82, 2.24) is 0 Å². The lowest BCUT2D eigenvalue weighted by atomic mass is 9.80. The van der Waals surface area contributed by atoms with Crippen LogP contribution in [0.5, 0.6) is 5.75 Å². The summed E-state index contributed by atoms with van der Waals surface area (Å²) in [5, 5.41) is 7.71. The molecule has 0 atom stereocenters. The predicted octanol–water partition coefficient (Wildman–Crippen LogP) is 6.09. The second kappa shape index (κ2) is 4.96. The van der Waals surface area contributed by atoms with Crippen LogP contribution in [0, 0.1) is 0 Å². The number of nitrogens with zero attached hydrogens (tertiary/aromatic N) is 1. The van der Waals surface area contributed by atoms with Gasteiger partial charge < -0.3 is 4.74 Å². The molecular weight excluding hydrogens is 354 g/mol. The molecule has 0 N–H and O–H groups in total. The van der Waals surface area contributed by atoms with Crippen LogP contribution in [0.25, 0.3) is 43.6 Å². The van der Waals surface area contributed by atoms with Gasteiger partial charge in [-0.2, -0.15) is 4.57 Å². The number of rotatable bonds is 0. The Hall–Kier alpha value is -3.39. The summed E-state index contributed by atoms with van der Waals surface area (Å²) in [5.41, 5.74) is 5.33. The second-order valence-electron chi connectivity index (χ2n) is 8.82. The Balaban J connectivity index is 1.72. The Labute approximate surface area is 169 Å². The molecule has 1 aliphatic heterocycles. The van der Waals surface area contributed by atoms with Crippen molar-refractivity contribution in [2.75, 3.05) is 0 Å². The van der Waals surface area contributed by atoms with E-state index in [-0.39, 0.29) is 5.41 Å². The van der Waals surface area contributed by atoms with Gasteiger partial charge in [0.1, 0.15) is 5.75 Å². The summed E-state index contributed by atoms with van der Waals surface area (Å²) in [4.78, 5) is 0. The van der Waals surface area contributed by atoms with Gasteiger partial charge in [0.15, 0.2) is 6.20 Å². The molecule has 138 valence electrons. The van der Waals surface area contributed by atoms with E-state index in [0.717, 1.165) is 5.75 Å². The first-order chi connectivity index (χ1) is 14.1. The molecule has 5 aromatic rings. The van der Waals surface area contributed by atoms with Crippen molar-refractivity contribution in [3.8, 4) is 17.0 Å². The van der Waals surface area contributed by atoms with Crippen LogP contribution in [-0.2, 0) is 12.1 Å². The standard InChI is InChI=1S/C27H20NO/c1-27(2)22-13-17-8-4-6-10-19(17)26-23(22)25-24(27)20-12-11-16-7-3-5-9-18(16)21(20)14-28(25)15-29-26/h3-14H,15H2,1-2H3/q+1. The Kier molecular flexibility index (Phi) is 2.65. The summed E-state index contributed by atoms with van der Waals surface area (Å²) in [5.74, 6) is 1.05. The number of benzene rings is 4. The molecule has 2 nitrogen and oxygen atoms in total. The summed E-state index contributed by atoms with van der Waals surface area (Å²) in [6, 6.07) is 24.2. The molecule has 2 heteroatoms. The van der Waals surface area contributed by atoms with Crippen molar-refractivity contribution in [3.05, 3.63) is 84.1 Å². The topological polar surface area (TPSA) is 13.1 Å². The summed E-state index contributed by atoms with van der Waals surface area (Å²) in [6.07, 6.45) is 2.29. The Morgan fingerprint density at radius 1 is 0.793 bits per heavy atom. The van der Waals surface area contributed by atoms with Gasteiger partial charge in [0.25, 0.3) is 6.73 Å². The highest BCUT2D eigenvalue weighted by Gasteiger charge is 2.47. The van der Waals surface area contributed by atoms with Crippen LogP contribution in [0.4, 0.5) is 0 Å². The Morgan fingerprint density at radius 3 is 2.41 bits per heavy atom. The van der Waals surface area contributed by atoms with Gasteiger partial charge in [0.2, 0.25) is 5.69 Å². The van der Waals surface area contributed by atoms with Crippen molar-refractivity contribution in [2.45, 2.75) is 26.0 Å². The van der Waals surface area contributed by atoms with Crippen LogP contribution in [0.1, 0.15) is 25.0 Å². The van der Waals surface area contributed by atoms with Gasteiger partial charge in [-0.25, -0.2) is 0 Å². The molecule has 4 aromatic carbocycles. The van der Waals surface area contributed by atoms with Gasteiger partial charge in [0, 0.05) is 16.4 Å². The molecule has 29 heavy (non-hydrogen) atoms. The predicted molar refractivity (Wildman–Crippen MR) is 117 cm³/mol. The number of aromatic nitrogens is 1. The van der Waals surface area contributed by atoms with Crippen LogP contribution in [0.15, 0.2) is 72.9 Å². The van der Waals surface area contributed by atoms with Gasteiger partial charge in [0.05, 0.1) is 10.9 Å². The number of hydrogen-bond acceptors (Lipinski definition) is 1. The second-order valence-corrected chi connectivity index (χ2v) is 8.82. The minimum Gasteiger partial charge on any atom is -0.434 e. The van der Waals surface area contributed by atoms with Crippen LogP contribution >= 0.6 is 0 Å². The van der Waals surface area contributed by atoms with E-state index in [1.54, 1.807) is 0 Å². The fraction of sp³-hybridized carbons (Fsp3) is 0.148. The fourth-order valence-electron chi connectivity index (χ4n) is 5.61. The molecule has 1 aromatic heterocycles. The highest BCUT2D eigenvalue weighted by atomic mass is 16.5.